The third-order valence-corrected chi connectivity index (χ3v) is 3.14. The number of carbonyl (C=O) groups excluding carboxylic acids is 2. The van der Waals surface area contributed by atoms with Crippen LogP contribution in [0.3, 0.4) is 0 Å². The maximum Gasteiger partial charge on any atom is 0.254 e. The van der Waals surface area contributed by atoms with Crippen molar-refractivity contribution in [3.63, 3.8) is 0 Å². The monoisotopic (exact) mass is 262 g/mol. The van der Waals surface area contributed by atoms with Gasteiger partial charge in [0.2, 0.25) is 5.91 Å². The Balaban J connectivity index is 2.43. The van der Waals surface area contributed by atoms with Crippen molar-refractivity contribution in [2.75, 3.05) is 18.6 Å². The van der Waals surface area contributed by atoms with Gasteiger partial charge in [0, 0.05) is 24.7 Å². The summed E-state index contributed by atoms with van der Waals surface area (Å²) in [6, 6.07) is 4.90. The van der Waals surface area contributed by atoms with Gasteiger partial charge in [0.25, 0.3) is 5.91 Å². The van der Waals surface area contributed by atoms with E-state index in [1.807, 2.05) is 25.1 Å². The highest BCUT2D eigenvalue weighted by atomic mass is 16.5. The van der Waals surface area contributed by atoms with E-state index in [0.29, 0.717) is 12.3 Å². The first-order valence-electron chi connectivity index (χ1n) is 6.35. The maximum atomic E-state index is 12.4. The van der Waals surface area contributed by atoms with Crippen LogP contribution in [0.5, 0.6) is 5.75 Å². The van der Waals surface area contributed by atoms with Crippen molar-refractivity contribution in [3.8, 4) is 5.75 Å². The molecular weight excluding hydrogens is 244 g/mol. The molecule has 1 aliphatic rings. The lowest BCUT2D eigenvalue weighted by Crippen LogP contribution is -2.36. The standard InChI is InChI=1S/C14H18N2O3/c1-4-7-16-12-6-5-10(19-3)8-11(12)13(14(16)18)15-9(2)17/h5-6,8,13H,4,7H2,1-3H3,(H,15,17)/t13-/m1/s1. The van der Waals surface area contributed by atoms with E-state index in [0.717, 1.165) is 17.7 Å². The summed E-state index contributed by atoms with van der Waals surface area (Å²) in [7, 11) is 1.58. The van der Waals surface area contributed by atoms with E-state index in [1.165, 1.54) is 6.92 Å². The van der Waals surface area contributed by atoms with Gasteiger partial charge >= 0.3 is 0 Å². The molecule has 102 valence electrons. The summed E-state index contributed by atoms with van der Waals surface area (Å²) in [5.74, 6) is 0.381. The topological polar surface area (TPSA) is 58.6 Å². The normalized spacial score (nSPS) is 17.3. The van der Waals surface area contributed by atoms with Gasteiger partial charge in [-0.15, -0.1) is 0 Å². The molecule has 2 rings (SSSR count). The Kier molecular flexibility index (Phi) is 3.74. The number of carbonyl (C=O) groups is 2. The van der Waals surface area contributed by atoms with Crippen LogP contribution < -0.4 is 15.0 Å². The van der Waals surface area contributed by atoms with Gasteiger partial charge in [0.15, 0.2) is 0 Å². The maximum absolute atomic E-state index is 12.4. The molecule has 0 aromatic heterocycles. The van der Waals surface area contributed by atoms with Crippen LogP contribution in [0, 0.1) is 0 Å². The number of rotatable bonds is 4. The van der Waals surface area contributed by atoms with Crippen molar-refractivity contribution >= 4 is 17.5 Å². The van der Waals surface area contributed by atoms with Gasteiger partial charge in [-0.1, -0.05) is 6.92 Å². The molecule has 0 spiro atoms. The number of ether oxygens (including phenoxy) is 1. The van der Waals surface area contributed by atoms with Gasteiger partial charge in [-0.3, -0.25) is 9.59 Å². The number of amides is 2. The molecule has 0 fully saturated rings. The highest BCUT2D eigenvalue weighted by molar-refractivity contribution is 6.06. The van der Waals surface area contributed by atoms with Gasteiger partial charge in [0.05, 0.1) is 7.11 Å². The second kappa shape index (κ2) is 5.30. The Morgan fingerprint density at radius 2 is 2.21 bits per heavy atom. The highest BCUT2D eigenvalue weighted by Crippen LogP contribution is 2.38. The quantitative estimate of drug-likeness (QED) is 0.897. The molecule has 0 unspecified atom stereocenters. The second-order valence-electron chi connectivity index (χ2n) is 4.55. The molecule has 2 amide bonds. The molecule has 5 nitrogen and oxygen atoms in total. The third kappa shape index (κ3) is 2.41. The average Bonchev–Trinajstić information content (AvgIpc) is 2.64. The van der Waals surface area contributed by atoms with E-state index in [4.69, 9.17) is 4.74 Å². The molecule has 0 saturated heterocycles. The summed E-state index contributed by atoms with van der Waals surface area (Å²) in [5, 5.41) is 2.70. The van der Waals surface area contributed by atoms with Gasteiger partial charge in [-0.25, -0.2) is 0 Å². The predicted octanol–water partition coefficient (Wildman–Crippen LogP) is 1.63. The summed E-state index contributed by atoms with van der Waals surface area (Å²) in [6.45, 7) is 4.08. The van der Waals surface area contributed by atoms with Gasteiger partial charge in [-0.2, -0.15) is 0 Å². The summed E-state index contributed by atoms with van der Waals surface area (Å²) < 4.78 is 5.18. The minimum atomic E-state index is -0.603. The Morgan fingerprint density at radius 3 is 2.79 bits per heavy atom. The molecule has 0 bridgehead atoms. The van der Waals surface area contributed by atoms with Crippen LogP contribution in [0.15, 0.2) is 18.2 Å². The van der Waals surface area contributed by atoms with Crippen LogP contribution in [-0.4, -0.2) is 25.5 Å². The number of anilines is 1. The Hall–Kier alpha value is -2.04. The van der Waals surface area contributed by atoms with Crippen LogP contribution in [-0.2, 0) is 9.59 Å². The van der Waals surface area contributed by atoms with E-state index in [9.17, 15) is 9.59 Å². The van der Waals surface area contributed by atoms with E-state index in [2.05, 4.69) is 5.32 Å². The molecule has 1 heterocycles. The van der Waals surface area contributed by atoms with Crippen molar-refractivity contribution in [1.82, 2.24) is 5.32 Å². The fraction of sp³-hybridized carbons (Fsp3) is 0.429. The fourth-order valence-electron chi connectivity index (χ4n) is 2.34. The molecule has 0 aliphatic carbocycles. The summed E-state index contributed by atoms with van der Waals surface area (Å²) >= 11 is 0. The number of methoxy groups -OCH3 is 1. The fourth-order valence-corrected chi connectivity index (χ4v) is 2.34. The number of hydrogen-bond acceptors (Lipinski definition) is 3. The SMILES string of the molecule is CCCN1C(=O)[C@H](NC(C)=O)c2cc(OC)ccc21. The van der Waals surface area contributed by atoms with Crippen LogP contribution >= 0.6 is 0 Å². The number of benzene rings is 1. The summed E-state index contributed by atoms with van der Waals surface area (Å²) in [4.78, 5) is 25.3. The van der Waals surface area contributed by atoms with E-state index in [1.54, 1.807) is 12.0 Å². The molecular formula is C14H18N2O3. The molecule has 0 saturated carbocycles. The van der Waals surface area contributed by atoms with Crippen molar-refractivity contribution in [1.29, 1.82) is 0 Å². The van der Waals surface area contributed by atoms with Crippen LogP contribution in [0.2, 0.25) is 0 Å². The zero-order chi connectivity index (χ0) is 14.0. The number of hydrogen-bond donors (Lipinski definition) is 1. The zero-order valence-electron chi connectivity index (χ0n) is 11.4. The molecule has 1 atom stereocenters. The smallest absolute Gasteiger partial charge is 0.254 e. The predicted molar refractivity (Wildman–Crippen MR) is 72.2 cm³/mol. The summed E-state index contributed by atoms with van der Waals surface area (Å²) in [5.41, 5.74) is 1.65. The Bertz CT molecular complexity index is 513. The molecule has 1 aromatic rings. The number of nitrogens with zero attached hydrogens (tertiary/aromatic N) is 1. The second-order valence-corrected chi connectivity index (χ2v) is 4.55. The summed E-state index contributed by atoms with van der Waals surface area (Å²) in [6.07, 6.45) is 0.865. The van der Waals surface area contributed by atoms with Crippen molar-refractivity contribution < 1.29 is 14.3 Å². The van der Waals surface area contributed by atoms with Gasteiger partial charge in [-0.05, 0) is 24.6 Å². The minimum absolute atomic E-state index is 0.0831. The Morgan fingerprint density at radius 1 is 1.47 bits per heavy atom. The van der Waals surface area contributed by atoms with Crippen LogP contribution in [0.25, 0.3) is 0 Å². The highest BCUT2D eigenvalue weighted by Gasteiger charge is 2.37. The van der Waals surface area contributed by atoms with Crippen LogP contribution in [0.4, 0.5) is 5.69 Å². The van der Waals surface area contributed by atoms with Crippen molar-refractivity contribution in [2.24, 2.45) is 0 Å². The molecule has 1 aliphatic heterocycles. The third-order valence-electron chi connectivity index (χ3n) is 3.14. The number of fused-ring (bicyclic) bond motifs is 1. The molecule has 19 heavy (non-hydrogen) atoms. The zero-order valence-corrected chi connectivity index (χ0v) is 11.4. The lowest BCUT2D eigenvalue weighted by molar-refractivity contribution is -0.126. The minimum Gasteiger partial charge on any atom is -0.497 e. The number of nitrogens with one attached hydrogen (secondary N) is 1. The molecule has 1 N–H and O–H groups in total. The first-order chi connectivity index (χ1) is 9.08. The van der Waals surface area contributed by atoms with Gasteiger partial charge < -0.3 is 15.0 Å². The largest absolute Gasteiger partial charge is 0.497 e. The van der Waals surface area contributed by atoms with E-state index in [-0.39, 0.29) is 11.8 Å². The van der Waals surface area contributed by atoms with Crippen molar-refractivity contribution in [3.05, 3.63) is 23.8 Å². The lowest BCUT2D eigenvalue weighted by atomic mass is 10.1. The van der Waals surface area contributed by atoms with E-state index >= 15 is 0 Å². The molecule has 1 aromatic carbocycles. The molecule has 0 radical (unpaired) electrons. The first kappa shape index (κ1) is 13.4. The van der Waals surface area contributed by atoms with Crippen molar-refractivity contribution in [2.45, 2.75) is 26.3 Å². The van der Waals surface area contributed by atoms with E-state index < -0.39 is 6.04 Å². The Labute approximate surface area is 112 Å². The van der Waals surface area contributed by atoms with Crippen LogP contribution in [0.1, 0.15) is 31.9 Å². The lowest BCUT2D eigenvalue weighted by Gasteiger charge is -2.16. The first-order valence-corrected chi connectivity index (χ1v) is 6.35. The van der Waals surface area contributed by atoms with Gasteiger partial charge in [0.1, 0.15) is 11.8 Å². The average molecular weight is 262 g/mol. The molecule has 5 heteroatoms.